The number of carbonyl (C=O) groups excluding carboxylic acids is 2. The summed E-state index contributed by atoms with van der Waals surface area (Å²) in [4.78, 5) is 24.5. The van der Waals surface area contributed by atoms with Gasteiger partial charge >= 0.3 is 0 Å². The number of allylic oxidation sites excluding steroid dienone is 2. The van der Waals surface area contributed by atoms with Crippen LogP contribution in [-0.4, -0.2) is 18.8 Å². The summed E-state index contributed by atoms with van der Waals surface area (Å²) in [6.45, 7) is 0. The Morgan fingerprint density at radius 3 is 2.61 bits per heavy atom. The molecule has 0 saturated carbocycles. The van der Waals surface area contributed by atoms with Gasteiger partial charge in [0.15, 0.2) is 5.78 Å². The molecule has 7 heteroatoms. The first-order chi connectivity index (χ1) is 13.5. The molecular formula is C21H18ClN3O3. The van der Waals surface area contributed by atoms with Crippen molar-refractivity contribution in [2.75, 3.05) is 17.7 Å². The van der Waals surface area contributed by atoms with E-state index in [1.165, 1.54) is 0 Å². The second-order valence-corrected chi connectivity index (χ2v) is 6.65. The van der Waals surface area contributed by atoms with Crippen LogP contribution in [0.15, 0.2) is 53.7 Å². The van der Waals surface area contributed by atoms with Crippen molar-refractivity contribution in [3.63, 3.8) is 0 Å². The number of hydrogen-bond acceptors (Lipinski definition) is 5. The highest BCUT2D eigenvalue weighted by Crippen LogP contribution is 2.29. The summed E-state index contributed by atoms with van der Waals surface area (Å²) in [5, 5.41) is 15.5. The van der Waals surface area contributed by atoms with Crippen molar-refractivity contribution in [2.45, 2.75) is 19.3 Å². The van der Waals surface area contributed by atoms with Gasteiger partial charge in [0, 0.05) is 23.4 Å². The number of hydrogen-bond donors (Lipinski definition) is 2. The van der Waals surface area contributed by atoms with Gasteiger partial charge in [0.05, 0.1) is 17.8 Å². The Morgan fingerprint density at radius 1 is 1.18 bits per heavy atom. The third-order valence-corrected chi connectivity index (χ3v) is 4.71. The minimum absolute atomic E-state index is 0.121. The van der Waals surface area contributed by atoms with Crippen molar-refractivity contribution < 1.29 is 14.3 Å². The average Bonchev–Trinajstić information content (AvgIpc) is 2.70. The van der Waals surface area contributed by atoms with Crippen LogP contribution in [0.3, 0.4) is 0 Å². The van der Waals surface area contributed by atoms with E-state index < -0.39 is 0 Å². The first-order valence-electron chi connectivity index (χ1n) is 8.70. The zero-order valence-electron chi connectivity index (χ0n) is 15.2. The number of halogens is 1. The number of methoxy groups -OCH3 is 1. The second kappa shape index (κ2) is 8.59. The summed E-state index contributed by atoms with van der Waals surface area (Å²) < 4.78 is 5.10. The second-order valence-electron chi connectivity index (χ2n) is 6.24. The number of rotatable bonds is 5. The SMILES string of the molecule is COc1ccc(NC(=O)c2ccc(Cl)c(NC3=C(C#N)C(=O)CCC3)c2)cc1. The van der Waals surface area contributed by atoms with Gasteiger partial charge in [-0.2, -0.15) is 5.26 Å². The van der Waals surface area contributed by atoms with Crippen LogP contribution in [0, 0.1) is 11.3 Å². The molecule has 0 aliphatic heterocycles. The standard InChI is InChI=1S/C21H18ClN3O3/c1-28-15-8-6-14(7-9-15)24-21(27)13-5-10-17(22)19(11-13)25-18-3-2-4-20(26)16(18)12-23/h5-11,25H,2-4H2,1H3,(H,24,27). The van der Waals surface area contributed by atoms with E-state index in [0.29, 0.717) is 52.7 Å². The summed E-state index contributed by atoms with van der Waals surface area (Å²) in [6.07, 6.45) is 1.61. The molecule has 0 fully saturated rings. The predicted octanol–water partition coefficient (Wildman–Crippen LogP) is 4.54. The van der Waals surface area contributed by atoms with E-state index in [2.05, 4.69) is 10.6 Å². The van der Waals surface area contributed by atoms with Crippen molar-refractivity contribution in [3.05, 3.63) is 64.3 Å². The Morgan fingerprint density at radius 2 is 1.93 bits per heavy atom. The molecule has 0 unspecified atom stereocenters. The summed E-state index contributed by atoms with van der Waals surface area (Å²) in [5.41, 5.74) is 2.15. The highest BCUT2D eigenvalue weighted by Gasteiger charge is 2.21. The van der Waals surface area contributed by atoms with Gasteiger partial charge in [-0.1, -0.05) is 11.6 Å². The Balaban J connectivity index is 1.81. The molecule has 0 saturated heterocycles. The minimum Gasteiger partial charge on any atom is -0.497 e. The molecule has 3 rings (SSSR count). The van der Waals surface area contributed by atoms with Crippen LogP contribution in [-0.2, 0) is 4.79 Å². The number of amides is 1. The van der Waals surface area contributed by atoms with Gasteiger partial charge < -0.3 is 15.4 Å². The Kier molecular flexibility index (Phi) is 5.97. The Labute approximate surface area is 167 Å². The van der Waals surface area contributed by atoms with Crippen molar-refractivity contribution in [1.29, 1.82) is 5.26 Å². The quantitative estimate of drug-likeness (QED) is 0.775. The van der Waals surface area contributed by atoms with Gasteiger partial charge in [-0.25, -0.2) is 0 Å². The van der Waals surface area contributed by atoms with Crippen LogP contribution < -0.4 is 15.4 Å². The van der Waals surface area contributed by atoms with Gasteiger partial charge in [-0.05, 0) is 55.3 Å². The lowest BCUT2D eigenvalue weighted by molar-refractivity contribution is -0.115. The Bertz CT molecular complexity index is 991. The number of benzene rings is 2. The van der Waals surface area contributed by atoms with Gasteiger partial charge in [-0.3, -0.25) is 9.59 Å². The molecule has 1 aliphatic rings. The van der Waals surface area contributed by atoms with Gasteiger partial charge in [0.1, 0.15) is 17.4 Å². The van der Waals surface area contributed by atoms with E-state index in [4.69, 9.17) is 16.3 Å². The smallest absolute Gasteiger partial charge is 0.255 e. The molecule has 0 heterocycles. The van der Waals surface area contributed by atoms with Crippen LogP contribution in [0.4, 0.5) is 11.4 Å². The van der Waals surface area contributed by atoms with Crippen LogP contribution in [0.5, 0.6) is 5.75 Å². The number of nitrogens with zero attached hydrogens (tertiary/aromatic N) is 1. The van der Waals surface area contributed by atoms with Crippen molar-refractivity contribution in [1.82, 2.24) is 0 Å². The van der Waals surface area contributed by atoms with Crippen LogP contribution in [0.1, 0.15) is 29.6 Å². The maximum Gasteiger partial charge on any atom is 0.255 e. The van der Waals surface area contributed by atoms with E-state index in [1.807, 2.05) is 6.07 Å². The molecule has 0 radical (unpaired) electrons. The normalized spacial score (nSPS) is 13.7. The molecule has 142 valence electrons. The average molecular weight is 396 g/mol. The van der Waals surface area contributed by atoms with Crippen LogP contribution in [0.25, 0.3) is 0 Å². The maximum atomic E-state index is 12.6. The van der Waals surface area contributed by atoms with Gasteiger partial charge in [0.25, 0.3) is 5.91 Å². The topological polar surface area (TPSA) is 91.2 Å². The lowest BCUT2D eigenvalue weighted by Gasteiger charge is -2.18. The number of carbonyl (C=O) groups is 2. The molecule has 0 bridgehead atoms. The highest BCUT2D eigenvalue weighted by molar-refractivity contribution is 6.33. The third kappa shape index (κ3) is 4.33. The molecule has 2 aromatic rings. The maximum absolute atomic E-state index is 12.6. The molecule has 28 heavy (non-hydrogen) atoms. The number of Topliss-reactive ketones (excluding diaryl/α,β-unsaturated/α-hetero) is 1. The molecule has 1 aliphatic carbocycles. The first-order valence-corrected chi connectivity index (χ1v) is 9.08. The minimum atomic E-state index is -0.306. The molecule has 2 aromatic carbocycles. The highest BCUT2D eigenvalue weighted by atomic mass is 35.5. The predicted molar refractivity (Wildman–Crippen MR) is 108 cm³/mol. The number of nitrogens with one attached hydrogen (secondary N) is 2. The third-order valence-electron chi connectivity index (χ3n) is 4.39. The summed E-state index contributed by atoms with van der Waals surface area (Å²) in [5.74, 6) is 0.208. The molecule has 2 N–H and O–H groups in total. The van der Waals surface area contributed by atoms with E-state index in [1.54, 1.807) is 49.6 Å². The van der Waals surface area contributed by atoms with Crippen LogP contribution in [0.2, 0.25) is 5.02 Å². The molecule has 1 amide bonds. The van der Waals surface area contributed by atoms with E-state index in [0.717, 1.165) is 0 Å². The van der Waals surface area contributed by atoms with Crippen molar-refractivity contribution >= 4 is 34.7 Å². The number of anilines is 2. The monoisotopic (exact) mass is 395 g/mol. The van der Waals surface area contributed by atoms with Gasteiger partial charge in [0.2, 0.25) is 0 Å². The van der Waals surface area contributed by atoms with E-state index in [9.17, 15) is 14.9 Å². The van der Waals surface area contributed by atoms with Crippen molar-refractivity contribution in [2.24, 2.45) is 0 Å². The molecule has 6 nitrogen and oxygen atoms in total. The fourth-order valence-corrected chi connectivity index (χ4v) is 3.07. The Hall–Kier alpha value is -3.30. The summed E-state index contributed by atoms with van der Waals surface area (Å²) in [7, 11) is 1.57. The number of nitriles is 1. The first kappa shape index (κ1) is 19.5. The molecule has 0 atom stereocenters. The largest absolute Gasteiger partial charge is 0.497 e. The van der Waals surface area contributed by atoms with Gasteiger partial charge in [-0.15, -0.1) is 0 Å². The molecule has 0 aromatic heterocycles. The lowest BCUT2D eigenvalue weighted by Crippen LogP contribution is -2.16. The summed E-state index contributed by atoms with van der Waals surface area (Å²) >= 11 is 6.24. The number of ketones is 1. The fourth-order valence-electron chi connectivity index (χ4n) is 2.90. The van der Waals surface area contributed by atoms with Crippen LogP contribution >= 0.6 is 11.6 Å². The van der Waals surface area contributed by atoms with Crippen molar-refractivity contribution in [3.8, 4) is 11.8 Å². The zero-order chi connectivity index (χ0) is 20.1. The lowest BCUT2D eigenvalue weighted by atomic mass is 9.95. The summed E-state index contributed by atoms with van der Waals surface area (Å²) in [6, 6.07) is 13.7. The molecular weight excluding hydrogens is 378 g/mol. The number of ether oxygens (including phenoxy) is 1. The van der Waals surface area contributed by atoms with E-state index >= 15 is 0 Å². The fraction of sp³-hybridized carbons (Fsp3) is 0.190. The van der Waals surface area contributed by atoms with E-state index in [-0.39, 0.29) is 17.3 Å². The zero-order valence-corrected chi connectivity index (χ0v) is 16.0. The molecule has 0 spiro atoms.